The van der Waals surface area contributed by atoms with Gasteiger partial charge >= 0.3 is 0 Å². The highest BCUT2D eigenvalue weighted by Gasteiger charge is 2.26. The third-order valence-electron chi connectivity index (χ3n) is 6.53. The summed E-state index contributed by atoms with van der Waals surface area (Å²) in [4.78, 5) is 18.1. The van der Waals surface area contributed by atoms with E-state index < -0.39 is 0 Å². The minimum absolute atomic E-state index is 0. The van der Waals surface area contributed by atoms with Gasteiger partial charge in [-0.1, -0.05) is 72.8 Å². The van der Waals surface area contributed by atoms with Gasteiger partial charge in [0.05, 0.1) is 0 Å². The van der Waals surface area contributed by atoms with E-state index in [1.807, 2.05) is 41.3 Å². The number of carbonyl (C=O) groups is 1. The number of rotatable bonds is 5. The van der Waals surface area contributed by atoms with Crippen LogP contribution in [0.1, 0.15) is 15.9 Å². The predicted molar refractivity (Wildman–Crippen MR) is 152 cm³/mol. The van der Waals surface area contributed by atoms with Gasteiger partial charge in [0.25, 0.3) is 5.91 Å². The first-order valence-corrected chi connectivity index (χ1v) is 12.3. The summed E-state index contributed by atoms with van der Waals surface area (Å²) < 4.78 is 0. The van der Waals surface area contributed by atoms with Crippen LogP contribution in [-0.4, -0.2) is 42.2 Å². The Kier molecular flexibility index (Phi) is 8.01. The minimum atomic E-state index is -0.0368. The van der Waals surface area contributed by atoms with Gasteiger partial charge in [0.2, 0.25) is 0 Å². The lowest BCUT2D eigenvalue weighted by Crippen LogP contribution is -2.41. The average molecular weight is 504 g/mol. The summed E-state index contributed by atoms with van der Waals surface area (Å²) in [5.41, 5.74) is 11.6. The van der Waals surface area contributed by atoms with Crippen LogP contribution < -0.4 is 10.6 Å². The molecular formula is C29H30ClN3OS. The van der Waals surface area contributed by atoms with Crippen molar-refractivity contribution < 1.29 is 4.79 Å². The van der Waals surface area contributed by atoms with E-state index in [2.05, 4.69) is 72.1 Å². The molecule has 1 atom stereocenters. The van der Waals surface area contributed by atoms with Gasteiger partial charge in [0.1, 0.15) is 0 Å². The summed E-state index contributed by atoms with van der Waals surface area (Å²) in [6.07, 6.45) is 0. The third kappa shape index (κ3) is 5.32. The Hall–Kier alpha value is -2.99. The maximum atomic E-state index is 13.8. The number of benzene rings is 4. The van der Waals surface area contributed by atoms with E-state index in [9.17, 15) is 4.79 Å². The smallest absolute Gasteiger partial charge is 0.254 e. The largest absolute Gasteiger partial charge is 0.368 e. The third-order valence-corrected chi connectivity index (χ3v) is 6.99. The van der Waals surface area contributed by atoms with Crippen molar-refractivity contribution in [3.63, 3.8) is 0 Å². The lowest BCUT2D eigenvalue weighted by atomic mass is 10.0. The molecule has 4 nitrogen and oxygen atoms in total. The molecule has 4 aromatic carbocycles. The number of anilines is 1. The zero-order chi connectivity index (χ0) is 23.5. The van der Waals surface area contributed by atoms with Crippen LogP contribution >= 0.6 is 25.0 Å². The van der Waals surface area contributed by atoms with Crippen molar-refractivity contribution in [3.05, 3.63) is 102 Å². The SMILES string of the molecule is Cl.NC(CS)CN1CCN(C(=O)c2cccc3ccccc23)Cc2cc(-c3ccccc3)ccc21. The number of hydrogen-bond donors (Lipinski definition) is 2. The number of fused-ring (bicyclic) bond motifs is 2. The van der Waals surface area contributed by atoms with Crippen molar-refractivity contribution in [1.82, 2.24) is 4.90 Å². The van der Waals surface area contributed by atoms with E-state index in [4.69, 9.17) is 5.73 Å². The maximum absolute atomic E-state index is 13.8. The standard InChI is InChI=1S/C29H29N3OS.ClH/c30-25(20-34)19-31-15-16-32(29(33)27-12-6-10-22-9-4-5-11-26(22)27)18-24-17-23(13-14-28(24)31)21-7-2-1-3-8-21;/h1-14,17,25,34H,15-16,18-20,30H2;1H. The van der Waals surface area contributed by atoms with E-state index in [0.717, 1.165) is 39.7 Å². The van der Waals surface area contributed by atoms with Crippen LogP contribution in [0.5, 0.6) is 0 Å². The second kappa shape index (κ2) is 11.2. The van der Waals surface area contributed by atoms with Crippen LogP contribution in [0.2, 0.25) is 0 Å². The molecule has 1 unspecified atom stereocenters. The molecule has 0 radical (unpaired) electrons. The van der Waals surface area contributed by atoms with Gasteiger partial charge in [-0.25, -0.2) is 0 Å². The molecule has 4 aromatic rings. The highest BCUT2D eigenvalue weighted by atomic mass is 35.5. The topological polar surface area (TPSA) is 49.6 Å². The molecule has 1 heterocycles. The molecule has 0 aliphatic carbocycles. The summed E-state index contributed by atoms with van der Waals surface area (Å²) in [6, 6.07) is 30.9. The van der Waals surface area contributed by atoms with Crippen LogP contribution in [-0.2, 0) is 6.54 Å². The average Bonchev–Trinajstić information content (AvgIpc) is 3.07. The fourth-order valence-corrected chi connectivity index (χ4v) is 4.88. The molecule has 0 bridgehead atoms. The molecule has 35 heavy (non-hydrogen) atoms. The van der Waals surface area contributed by atoms with Crippen molar-refractivity contribution in [3.8, 4) is 11.1 Å². The first-order valence-electron chi connectivity index (χ1n) is 11.7. The Bertz CT molecular complexity index is 1310. The van der Waals surface area contributed by atoms with E-state index in [0.29, 0.717) is 25.4 Å². The van der Waals surface area contributed by atoms with Gasteiger partial charge in [0.15, 0.2) is 0 Å². The Morgan fingerprint density at radius 1 is 0.886 bits per heavy atom. The van der Waals surface area contributed by atoms with Crippen LogP contribution in [0, 0.1) is 0 Å². The van der Waals surface area contributed by atoms with Crippen LogP contribution in [0.25, 0.3) is 21.9 Å². The number of halogens is 1. The summed E-state index contributed by atoms with van der Waals surface area (Å²) in [5.74, 6) is 0.681. The van der Waals surface area contributed by atoms with E-state index in [1.165, 1.54) is 5.56 Å². The van der Waals surface area contributed by atoms with Crippen molar-refractivity contribution in [2.45, 2.75) is 12.6 Å². The van der Waals surface area contributed by atoms with Crippen molar-refractivity contribution in [2.75, 3.05) is 30.3 Å². The first kappa shape index (κ1) is 25.1. The predicted octanol–water partition coefficient (Wildman–Crippen LogP) is 5.65. The molecule has 5 rings (SSSR count). The molecule has 0 spiro atoms. The molecule has 0 fully saturated rings. The fourth-order valence-electron chi connectivity index (χ4n) is 4.76. The minimum Gasteiger partial charge on any atom is -0.368 e. The van der Waals surface area contributed by atoms with Crippen LogP contribution in [0.4, 0.5) is 5.69 Å². The number of hydrogen-bond acceptors (Lipinski definition) is 4. The molecule has 0 aromatic heterocycles. The van der Waals surface area contributed by atoms with Gasteiger partial charge in [0, 0.05) is 49.2 Å². The fraction of sp³-hybridized carbons (Fsp3) is 0.207. The quantitative estimate of drug-likeness (QED) is 0.346. The highest BCUT2D eigenvalue weighted by molar-refractivity contribution is 7.80. The molecular weight excluding hydrogens is 474 g/mol. The second-order valence-electron chi connectivity index (χ2n) is 8.85. The zero-order valence-electron chi connectivity index (χ0n) is 19.5. The summed E-state index contributed by atoms with van der Waals surface area (Å²) in [5, 5.41) is 2.07. The van der Waals surface area contributed by atoms with Crippen LogP contribution in [0.3, 0.4) is 0 Å². The van der Waals surface area contributed by atoms with Gasteiger partial charge in [-0.2, -0.15) is 12.6 Å². The van der Waals surface area contributed by atoms with Gasteiger partial charge < -0.3 is 15.5 Å². The first-order chi connectivity index (χ1) is 16.6. The lowest BCUT2D eigenvalue weighted by Gasteiger charge is -2.27. The van der Waals surface area contributed by atoms with Crippen molar-refractivity contribution in [1.29, 1.82) is 0 Å². The van der Waals surface area contributed by atoms with E-state index >= 15 is 0 Å². The maximum Gasteiger partial charge on any atom is 0.254 e. The molecule has 0 saturated carbocycles. The number of thiol groups is 1. The van der Waals surface area contributed by atoms with Crippen molar-refractivity contribution >= 4 is 47.4 Å². The number of nitrogens with zero attached hydrogens (tertiary/aromatic N) is 2. The number of nitrogens with two attached hydrogens (primary N) is 1. The second-order valence-corrected chi connectivity index (χ2v) is 9.22. The van der Waals surface area contributed by atoms with E-state index in [-0.39, 0.29) is 24.4 Å². The Labute approximate surface area is 218 Å². The Balaban J connectivity index is 0.00000289. The monoisotopic (exact) mass is 503 g/mol. The molecule has 180 valence electrons. The normalized spacial score (nSPS) is 14.1. The molecule has 1 aliphatic heterocycles. The Morgan fingerprint density at radius 2 is 1.63 bits per heavy atom. The van der Waals surface area contributed by atoms with Gasteiger partial charge in [-0.05, 0) is 45.7 Å². The summed E-state index contributed by atoms with van der Waals surface area (Å²) in [6.45, 7) is 2.63. The van der Waals surface area contributed by atoms with Gasteiger partial charge in [-0.15, -0.1) is 12.4 Å². The molecule has 1 aliphatic rings. The lowest BCUT2D eigenvalue weighted by molar-refractivity contribution is 0.0753. The summed E-state index contributed by atoms with van der Waals surface area (Å²) in [7, 11) is 0. The van der Waals surface area contributed by atoms with E-state index in [1.54, 1.807) is 0 Å². The molecule has 1 amide bonds. The molecule has 6 heteroatoms. The molecule has 2 N–H and O–H groups in total. The number of carbonyl (C=O) groups excluding carboxylic acids is 1. The van der Waals surface area contributed by atoms with Crippen molar-refractivity contribution in [2.24, 2.45) is 5.73 Å². The van der Waals surface area contributed by atoms with Gasteiger partial charge in [-0.3, -0.25) is 4.79 Å². The number of amides is 1. The molecule has 0 saturated heterocycles. The van der Waals surface area contributed by atoms with Crippen LogP contribution in [0.15, 0.2) is 91.0 Å². The Morgan fingerprint density at radius 3 is 2.43 bits per heavy atom. The summed E-state index contributed by atoms with van der Waals surface area (Å²) >= 11 is 4.39. The highest BCUT2D eigenvalue weighted by Crippen LogP contribution is 2.31. The zero-order valence-corrected chi connectivity index (χ0v) is 21.2.